The maximum Gasteiger partial charge on any atom is 0.0928 e. The highest BCUT2D eigenvalue weighted by Gasteiger charge is 2.13. The highest BCUT2D eigenvalue weighted by Crippen LogP contribution is 2.26. The summed E-state index contributed by atoms with van der Waals surface area (Å²) in [6, 6.07) is 5.95. The molecular formula is C14H21Cl2NO2. The van der Waals surface area contributed by atoms with Crippen molar-refractivity contribution in [1.29, 1.82) is 0 Å². The van der Waals surface area contributed by atoms with E-state index in [1.54, 1.807) is 14.2 Å². The number of halogens is 2. The van der Waals surface area contributed by atoms with Gasteiger partial charge in [-0.25, -0.2) is 0 Å². The van der Waals surface area contributed by atoms with E-state index in [9.17, 15) is 0 Å². The zero-order valence-electron chi connectivity index (χ0n) is 11.6. The standard InChI is InChI=1S/C14H21Cl2NO2/c1-4-14(17-8-11(19-3)9-18-2)10-5-6-12(15)13(16)7-10/h5-7,11,14,17H,4,8-9H2,1-3H3. The Morgan fingerprint density at radius 1 is 1.21 bits per heavy atom. The van der Waals surface area contributed by atoms with Crippen LogP contribution in [-0.4, -0.2) is 33.5 Å². The molecule has 0 bridgehead atoms. The largest absolute Gasteiger partial charge is 0.382 e. The smallest absolute Gasteiger partial charge is 0.0928 e. The van der Waals surface area contributed by atoms with Gasteiger partial charge < -0.3 is 14.8 Å². The van der Waals surface area contributed by atoms with Crippen molar-refractivity contribution in [1.82, 2.24) is 5.32 Å². The molecule has 0 aliphatic heterocycles. The molecule has 19 heavy (non-hydrogen) atoms. The Bertz CT molecular complexity index is 388. The predicted molar refractivity (Wildman–Crippen MR) is 80.2 cm³/mol. The minimum atomic E-state index is 0.0434. The van der Waals surface area contributed by atoms with Crippen molar-refractivity contribution in [2.24, 2.45) is 0 Å². The molecule has 0 saturated carbocycles. The third-order valence-corrected chi connectivity index (χ3v) is 3.77. The maximum absolute atomic E-state index is 6.05. The third kappa shape index (κ3) is 5.28. The summed E-state index contributed by atoms with van der Waals surface area (Å²) in [6.07, 6.45) is 1.00. The van der Waals surface area contributed by atoms with Crippen LogP contribution in [0.5, 0.6) is 0 Å². The Morgan fingerprint density at radius 2 is 1.95 bits per heavy atom. The minimum absolute atomic E-state index is 0.0434. The SMILES string of the molecule is CCC(NCC(COC)OC)c1ccc(Cl)c(Cl)c1. The first-order valence-corrected chi connectivity index (χ1v) is 7.08. The fourth-order valence-electron chi connectivity index (χ4n) is 1.90. The van der Waals surface area contributed by atoms with Crippen LogP contribution in [0.15, 0.2) is 18.2 Å². The molecule has 2 atom stereocenters. The number of rotatable bonds is 8. The van der Waals surface area contributed by atoms with Crippen LogP contribution in [0.4, 0.5) is 0 Å². The minimum Gasteiger partial charge on any atom is -0.382 e. The van der Waals surface area contributed by atoms with E-state index in [0.29, 0.717) is 16.7 Å². The summed E-state index contributed by atoms with van der Waals surface area (Å²) >= 11 is 12.0. The van der Waals surface area contributed by atoms with Gasteiger partial charge in [-0.1, -0.05) is 36.2 Å². The Balaban J connectivity index is 2.64. The lowest BCUT2D eigenvalue weighted by molar-refractivity contribution is 0.0272. The summed E-state index contributed by atoms with van der Waals surface area (Å²) in [5.41, 5.74) is 1.13. The molecule has 1 aromatic rings. The summed E-state index contributed by atoms with van der Waals surface area (Å²) in [5.74, 6) is 0. The van der Waals surface area contributed by atoms with E-state index in [-0.39, 0.29) is 12.1 Å². The van der Waals surface area contributed by atoms with Crippen molar-refractivity contribution >= 4 is 23.2 Å². The van der Waals surface area contributed by atoms with Crippen LogP contribution in [0.3, 0.4) is 0 Å². The van der Waals surface area contributed by atoms with Gasteiger partial charge in [-0.2, -0.15) is 0 Å². The van der Waals surface area contributed by atoms with Crippen molar-refractivity contribution in [2.75, 3.05) is 27.4 Å². The van der Waals surface area contributed by atoms with Gasteiger partial charge in [0.1, 0.15) is 0 Å². The highest BCUT2D eigenvalue weighted by molar-refractivity contribution is 6.42. The Labute approximate surface area is 125 Å². The summed E-state index contributed by atoms with van der Waals surface area (Å²) in [5, 5.41) is 4.62. The summed E-state index contributed by atoms with van der Waals surface area (Å²) in [7, 11) is 3.35. The van der Waals surface area contributed by atoms with Gasteiger partial charge in [0.05, 0.1) is 22.8 Å². The van der Waals surface area contributed by atoms with Crippen LogP contribution in [0.1, 0.15) is 24.9 Å². The van der Waals surface area contributed by atoms with Crippen LogP contribution in [0.2, 0.25) is 10.0 Å². The first-order chi connectivity index (χ1) is 9.12. The second-order valence-electron chi connectivity index (χ2n) is 4.36. The van der Waals surface area contributed by atoms with Gasteiger partial charge in [0.2, 0.25) is 0 Å². The molecule has 1 rings (SSSR count). The number of ether oxygens (including phenoxy) is 2. The lowest BCUT2D eigenvalue weighted by atomic mass is 10.0. The van der Waals surface area contributed by atoms with Gasteiger partial charge in [0, 0.05) is 26.8 Å². The quantitative estimate of drug-likeness (QED) is 0.794. The van der Waals surface area contributed by atoms with E-state index < -0.39 is 0 Å². The van der Waals surface area contributed by atoms with Gasteiger partial charge in [0.25, 0.3) is 0 Å². The van der Waals surface area contributed by atoms with E-state index in [0.717, 1.165) is 18.5 Å². The Hall–Kier alpha value is -0.320. The van der Waals surface area contributed by atoms with E-state index in [1.807, 2.05) is 18.2 Å². The zero-order chi connectivity index (χ0) is 14.3. The number of hydrogen-bond donors (Lipinski definition) is 1. The van der Waals surface area contributed by atoms with Gasteiger partial charge in [0.15, 0.2) is 0 Å². The van der Waals surface area contributed by atoms with Crippen LogP contribution >= 0.6 is 23.2 Å². The van der Waals surface area contributed by atoms with Crippen LogP contribution in [0.25, 0.3) is 0 Å². The monoisotopic (exact) mass is 305 g/mol. The molecule has 1 N–H and O–H groups in total. The Morgan fingerprint density at radius 3 is 2.47 bits per heavy atom. The predicted octanol–water partition coefficient (Wildman–Crippen LogP) is 3.70. The lowest BCUT2D eigenvalue weighted by Crippen LogP contribution is -2.34. The first-order valence-electron chi connectivity index (χ1n) is 6.32. The van der Waals surface area contributed by atoms with E-state index >= 15 is 0 Å². The molecule has 108 valence electrons. The molecule has 0 aromatic heterocycles. The van der Waals surface area contributed by atoms with E-state index in [4.69, 9.17) is 32.7 Å². The second-order valence-corrected chi connectivity index (χ2v) is 5.17. The fraction of sp³-hybridized carbons (Fsp3) is 0.571. The summed E-state index contributed by atoms with van der Waals surface area (Å²) in [4.78, 5) is 0. The lowest BCUT2D eigenvalue weighted by Gasteiger charge is -2.21. The van der Waals surface area contributed by atoms with Crippen molar-refractivity contribution in [3.63, 3.8) is 0 Å². The highest BCUT2D eigenvalue weighted by atomic mass is 35.5. The van der Waals surface area contributed by atoms with Gasteiger partial charge in [-0.3, -0.25) is 0 Å². The van der Waals surface area contributed by atoms with Gasteiger partial charge in [-0.05, 0) is 24.1 Å². The molecule has 0 aliphatic carbocycles. The molecule has 0 fully saturated rings. The molecule has 0 radical (unpaired) electrons. The summed E-state index contributed by atoms with van der Waals surface area (Å²) < 4.78 is 10.4. The van der Waals surface area contributed by atoms with E-state index in [2.05, 4.69) is 12.2 Å². The average molecular weight is 306 g/mol. The van der Waals surface area contributed by atoms with Crippen molar-refractivity contribution in [2.45, 2.75) is 25.5 Å². The molecular weight excluding hydrogens is 285 g/mol. The molecule has 5 heteroatoms. The first kappa shape index (κ1) is 16.7. The molecule has 3 nitrogen and oxygen atoms in total. The normalized spacial score (nSPS) is 14.4. The van der Waals surface area contributed by atoms with Crippen LogP contribution < -0.4 is 5.32 Å². The van der Waals surface area contributed by atoms with Crippen LogP contribution in [-0.2, 0) is 9.47 Å². The van der Waals surface area contributed by atoms with Crippen LogP contribution in [0, 0.1) is 0 Å². The Kier molecular flexibility index (Phi) is 7.73. The fourth-order valence-corrected chi connectivity index (χ4v) is 2.20. The van der Waals surface area contributed by atoms with Crippen molar-refractivity contribution < 1.29 is 9.47 Å². The number of methoxy groups -OCH3 is 2. The van der Waals surface area contributed by atoms with Crippen molar-refractivity contribution in [3.05, 3.63) is 33.8 Å². The maximum atomic E-state index is 6.05. The molecule has 0 amide bonds. The molecule has 0 spiro atoms. The average Bonchev–Trinajstić information content (AvgIpc) is 2.42. The molecule has 1 aromatic carbocycles. The van der Waals surface area contributed by atoms with Gasteiger partial charge in [-0.15, -0.1) is 0 Å². The molecule has 0 aliphatic rings. The number of hydrogen-bond acceptors (Lipinski definition) is 3. The second kappa shape index (κ2) is 8.77. The summed E-state index contributed by atoms with van der Waals surface area (Å²) in [6.45, 7) is 3.42. The van der Waals surface area contributed by atoms with E-state index in [1.165, 1.54) is 0 Å². The third-order valence-electron chi connectivity index (χ3n) is 3.03. The number of nitrogens with one attached hydrogen (secondary N) is 1. The van der Waals surface area contributed by atoms with Crippen molar-refractivity contribution in [3.8, 4) is 0 Å². The molecule has 0 saturated heterocycles. The van der Waals surface area contributed by atoms with Gasteiger partial charge >= 0.3 is 0 Å². The number of benzene rings is 1. The zero-order valence-corrected chi connectivity index (χ0v) is 13.1. The topological polar surface area (TPSA) is 30.5 Å². The molecule has 2 unspecified atom stereocenters. The molecule has 0 heterocycles.